The summed E-state index contributed by atoms with van der Waals surface area (Å²) in [5, 5.41) is 7.24. The van der Waals surface area contributed by atoms with Crippen molar-refractivity contribution in [3.05, 3.63) is 76.2 Å². The van der Waals surface area contributed by atoms with E-state index in [4.69, 9.17) is 4.74 Å². The van der Waals surface area contributed by atoms with Crippen LogP contribution in [0.3, 0.4) is 0 Å². The normalized spacial score (nSPS) is 18.2. The maximum atomic E-state index is 12.7. The molecule has 3 amide bonds. The lowest BCUT2D eigenvalue weighted by molar-refractivity contribution is -0.138. The number of ether oxygens (including phenoxy) is 1. The number of carbonyl (C=O) groups excluding carboxylic acids is 3. The molecule has 1 aliphatic rings. The molecule has 0 aliphatic carbocycles. The maximum Gasteiger partial charge on any atom is 0.255 e. The van der Waals surface area contributed by atoms with Gasteiger partial charge in [0.1, 0.15) is 12.4 Å². The number of carbonyl (C=O) groups is 3. The molecule has 4 rings (SSSR count). The predicted molar refractivity (Wildman–Crippen MR) is 122 cm³/mol. The molecule has 0 saturated carbocycles. The monoisotopic (exact) mass is 449 g/mol. The van der Waals surface area contributed by atoms with Crippen LogP contribution < -0.4 is 15.4 Å². The molecule has 0 radical (unpaired) electrons. The van der Waals surface area contributed by atoms with Gasteiger partial charge in [0.15, 0.2) is 0 Å². The van der Waals surface area contributed by atoms with E-state index in [-0.39, 0.29) is 17.7 Å². The van der Waals surface area contributed by atoms with Crippen molar-refractivity contribution in [2.75, 3.05) is 5.32 Å². The Morgan fingerprint density at radius 3 is 2.72 bits per heavy atom. The fraction of sp³-hybridized carbons (Fsp3) is 0.250. The van der Waals surface area contributed by atoms with E-state index in [0.717, 1.165) is 11.3 Å². The predicted octanol–water partition coefficient (Wildman–Crippen LogP) is 4.06. The summed E-state index contributed by atoms with van der Waals surface area (Å²) in [4.78, 5) is 41.0. The summed E-state index contributed by atoms with van der Waals surface area (Å²) in [6.45, 7) is 2.28. The van der Waals surface area contributed by atoms with E-state index >= 15 is 0 Å². The number of amides is 3. The van der Waals surface area contributed by atoms with Crippen LogP contribution in [-0.4, -0.2) is 22.7 Å². The molecule has 1 aromatic heterocycles. The highest BCUT2D eigenvalue weighted by atomic mass is 32.1. The van der Waals surface area contributed by atoms with Crippen LogP contribution in [0.15, 0.2) is 59.4 Å². The van der Waals surface area contributed by atoms with Gasteiger partial charge < -0.3 is 10.1 Å². The molecule has 1 atom stereocenters. The van der Waals surface area contributed by atoms with Crippen molar-refractivity contribution >= 4 is 34.7 Å². The lowest BCUT2D eigenvalue weighted by Crippen LogP contribution is -2.51. The highest BCUT2D eigenvalue weighted by Gasteiger charge is 2.42. The molecular formula is C24H23N3O4S. The van der Waals surface area contributed by atoms with Crippen LogP contribution in [0.25, 0.3) is 0 Å². The number of hydrogen-bond acceptors (Lipinski definition) is 6. The number of rotatable bonds is 7. The molecule has 2 N–H and O–H groups in total. The van der Waals surface area contributed by atoms with Crippen molar-refractivity contribution in [2.45, 2.75) is 38.2 Å². The van der Waals surface area contributed by atoms with E-state index in [2.05, 4.69) is 15.6 Å². The second-order valence-electron chi connectivity index (χ2n) is 7.64. The van der Waals surface area contributed by atoms with Gasteiger partial charge in [0.05, 0.1) is 16.6 Å². The Kier molecular flexibility index (Phi) is 6.32. The van der Waals surface area contributed by atoms with Gasteiger partial charge in [0, 0.05) is 23.1 Å². The lowest BCUT2D eigenvalue weighted by atomic mass is 9.72. The molecular weight excluding hydrogens is 426 g/mol. The number of nitrogens with zero attached hydrogens (tertiary/aromatic N) is 1. The summed E-state index contributed by atoms with van der Waals surface area (Å²) in [6.07, 6.45) is 1.39. The lowest BCUT2D eigenvalue weighted by Gasteiger charge is -2.35. The van der Waals surface area contributed by atoms with Crippen molar-refractivity contribution in [1.29, 1.82) is 0 Å². The van der Waals surface area contributed by atoms with Gasteiger partial charge in [-0.25, -0.2) is 4.98 Å². The minimum absolute atomic E-state index is 0.235. The third-order valence-corrected chi connectivity index (χ3v) is 6.37. The van der Waals surface area contributed by atoms with E-state index in [1.165, 1.54) is 11.3 Å². The van der Waals surface area contributed by atoms with Gasteiger partial charge >= 0.3 is 0 Å². The molecule has 1 fully saturated rings. The van der Waals surface area contributed by atoms with Gasteiger partial charge in [-0.3, -0.25) is 19.7 Å². The number of piperidine rings is 1. The topological polar surface area (TPSA) is 97.4 Å². The van der Waals surface area contributed by atoms with Gasteiger partial charge in [0.2, 0.25) is 11.8 Å². The summed E-state index contributed by atoms with van der Waals surface area (Å²) in [6, 6.07) is 14.2. The van der Waals surface area contributed by atoms with Crippen molar-refractivity contribution in [1.82, 2.24) is 10.3 Å². The Labute approximate surface area is 189 Å². The van der Waals surface area contributed by atoms with Gasteiger partial charge in [0.25, 0.3) is 5.91 Å². The maximum absolute atomic E-state index is 12.7. The quantitative estimate of drug-likeness (QED) is 0.530. The fourth-order valence-corrected chi connectivity index (χ4v) is 4.38. The number of benzene rings is 2. The second-order valence-corrected chi connectivity index (χ2v) is 8.36. The summed E-state index contributed by atoms with van der Waals surface area (Å²) in [7, 11) is 0. The van der Waals surface area contributed by atoms with Gasteiger partial charge in [-0.2, -0.15) is 0 Å². The molecule has 32 heavy (non-hydrogen) atoms. The zero-order valence-electron chi connectivity index (χ0n) is 17.6. The first-order valence-electron chi connectivity index (χ1n) is 10.4. The van der Waals surface area contributed by atoms with Crippen molar-refractivity contribution in [2.24, 2.45) is 0 Å². The fourth-order valence-electron chi connectivity index (χ4n) is 3.84. The molecule has 0 spiro atoms. The molecule has 1 unspecified atom stereocenters. The van der Waals surface area contributed by atoms with Gasteiger partial charge in [-0.05, 0) is 48.7 Å². The van der Waals surface area contributed by atoms with Gasteiger partial charge in [-0.15, -0.1) is 11.3 Å². The number of anilines is 1. The standard InChI is InChI=1S/C24H23N3O4S/c1-2-24(11-10-21(28)27-23(24)30)17-6-8-18(9-7-17)26-22(29)16-4-3-5-20(12-16)31-13-19-14-32-15-25-19/h3-9,12,14-15H,2,10-11,13H2,1H3,(H,26,29)(H,27,28,30). The molecule has 2 heterocycles. The number of thiazole rings is 1. The van der Waals surface area contributed by atoms with E-state index in [1.807, 2.05) is 24.4 Å². The van der Waals surface area contributed by atoms with Crippen molar-refractivity contribution in [3.8, 4) is 5.75 Å². The third kappa shape index (κ3) is 4.55. The molecule has 3 aromatic rings. The summed E-state index contributed by atoms with van der Waals surface area (Å²) < 4.78 is 5.72. The average molecular weight is 450 g/mol. The average Bonchev–Trinajstić information content (AvgIpc) is 3.33. The van der Waals surface area contributed by atoms with Crippen LogP contribution in [-0.2, 0) is 21.6 Å². The zero-order chi connectivity index (χ0) is 22.6. The molecule has 0 bridgehead atoms. The van der Waals surface area contributed by atoms with Crippen LogP contribution in [0.4, 0.5) is 5.69 Å². The van der Waals surface area contributed by atoms with Crippen LogP contribution in [0.5, 0.6) is 5.75 Å². The Morgan fingerprint density at radius 1 is 1.22 bits per heavy atom. The smallest absolute Gasteiger partial charge is 0.255 e. The Balaban J connectivity index is 1.43. The molecule has 2 aromatic carbocycles. The molecule has 8 heteroatoms. The molecule has 164 valence electrons. The van der Waals surface area contributed by atoms with E-state index < -0.39 is 5.41 Å². The molecule has 1 saturated heterocycles. The molecule has 1 aliphatic heterocycles. The molecule has 7 nitrogen and oxygen atoms in total. The van der Waals surface area contributed by atoms with Crippen molar-refractivity contribution < 1.29 is 19.1 Å². The van der Waals surface area contributed by atoms with E-state index in [0.29, 0.717) is 42.9 Å². The first kappa shape index (κ1) is 21.7. The number of hydrogen-bond donors (Lipinski definition) is 2. The van der Waals surface area contributed by atoms with Crippen LogP contribution in [0.2, 0.25) is 0 Å². The number of nitrogens with one attached hydrogen (secondary N) is 2. The first-order chi connectivity index (χ1) is 15.5. The number of imide groups is 1. The Morgan fingerprint density at radius 2 is 2.03 bits per heavy atom. The largest absolute Gasteiger partial charge is 0.487 e. The minimum atomic E-state index is -0.723. The second kappa shape index (κ2) is 9.32. The van der Waals surface area contributed by atoms with E-state index in [9.17, 15) is 14.4 Å². The first-order valence-corrected chi connectivity index (χ1v) is 11.3. The summed E-state index contributed by atoms with van der Waals surface area (Å²) in [5.41, 5.74) is 3.79. The minimum Gasteiger partial charge on any atom is -0.487 e. The Bertz CT molecular complexity index is 1130. The highest BCUT2D eigenvalue weighted by molar-refractivity contribution is 7.07. The summed E-state index contributed by atoms with van der Waals surface area (Å²) in [5.74, 6) is -0.171. The zero-order valence-corrected chi connectivity index (χ0v) is 18.4. The van der Waals surface area contributed by atoms with Crippen LogP contribution >= 0.6 is 11.3 Å². The SMILES string of the molecule is CCC1(c2ccc(NC(=O)c3cccc(OCc4cscn4)c3)cc2)CCC(=O)NC1=O. The highest BCUT2D eigenvalue weighted by Crippen LogP contribution is 2.36. The van der Waals surface area contributed by atoms with Crippen LogP contribution in [0.1, 0.15) is 47.8 Å². The summed E-state index contributed by atoms with van der Waals surface area (Å²) >= 11 is 1.50. The van der Waals surface area contributed by atoms with Crippen molar-refractivity contribution in [3.63, 3.8) is 0 Å². The van der Waals surface area contributed by atoms with Gasteiger partial charge in [-0.1, -0.05) is 25.1 Å². The Hall–Kier alpha value is -3.52. The third-order valence-electron chi connectivity index (χ3n) is 5.73. The van der Waals surface area contributed by atoms with Crippen LogP contribution in [0, 0.1) is 0 Å². The number of aromatic nitrogens is 1. The van der Waals surface area contributed by atoms with E-state index in [1.54, 1.807) is 41.9 Å².